The van der Waals surface area contributed by atoms with Gasteiger partial charge in [0.05, 0.1) is 12.1 Å². The predicted molar refractivity (Wildman–Crippen MR) is 49.4 cm³/mol. The molecular weight excluding hydrogens is 171 g/mol. The number of benzene rings is 1. The Bertz CT molecular complexity index is 302. The third-order valence-electron chi connectivity index (χ3n) is 1.90. The average molecular weight is 184 g/mol. The highest BCUT2D eigenvalue weighted by atomic mass is 19.1. The predicted octanol–water partition coefficient (Wildman–Crippen LogP) is 0.789. The van der Waals surface area contributed by atoms with Crippen molar-refractivity contribution in [2.75, 3.05) is 5.73 Å². The van der Waals surface area contributed by atoms with Gasteiger partial charge in [0, 0.05) is 11.3 Å². The van der Waals surface area contributed by atoms with Crippen LogP contribution in [0.4, 0.5) is 10.1 Å². The summed E-state index contributed by atoms with van der Waals surface area (Å²) in [6, 6.07) is 3.53. The zero-order valence-electron chi connectivity index (χ0n) is 7.37. The molecule has 0 saturated heterocycles. The van der Waals surface area contributed by atoms with E-state index in [0.29, 0.717) is 5.69 Å². The minimum Gasteiger partial charge on any atom is -0.399 e. The van der Waals surface area contributed by atoms with Gasteiger partial charge in [0.2, 0.25) is 0 Å². The van der Waals surface area contributed by atoms with Crippen LogP contribution in [0.25, 0.3) is 0 Å². The zero-order valence-corrected chi connectivity index (χ0v) is 7.37. The quantitative estimate of drug-likeness (QED) is 0.595. The topological polar surface area (TPSA) is 72.3 Å². The second-order valence-electron chi connectivity index (χ2n) is 3.05. The van der Waals surface area contributed by atoms with Crippen molar-refractivity contribution in [2.45, 2.75) is 19.1 Å². The molecule has 3 nitrogen and oxygen atoms in total. The van der Waals surface area contributed by atoms with Gasteiger partial charge in [0.15, 0.2) is 0 Å². The highest BCUT2D eigenvalue weighted by Gasteiger charge is 2.15. The fourth-order valence-electron chi connectivity index (χ4n) is 1.07. The summed E-state index contributed by atoms with van der Waals surface area (Å²) in [5.41, 5.74) is 11.5. The summed E-state index contributed by atoms with van der Waals surface area (Å²) in [5, 5.41) is 9.15. The molecule has 0 heterocycles. The fraction of sp³-hybridized carbons (Fsp3) is 0.333. The Morgan fingerprint density at radius 2 is 2.08 bits per heavy atom. The molecule has 0 unspecified atom stereocenters. The van der Waals surface area contributed by atoms with E-state index in [1.165, 1.54) is 19.1 Å². The molecule has 0 bridgehead atoms. The van der Waals surface area contributed by atoms with Crippen molar-refractivity contribution in [2.24, 2.45) is 5.73 Å². The van der Waals surface area contributed by atoms with Crippen LogP contribution in [0.1, 0.15) is 18.5 Å². The Hall–Kier alpha value is -1.13. The van der Waals surface area contributed by atoms with E-state index in [1.807, 2.05) is 0 Å². The third kappa shape index (κ3) is 2.17. The molecule has 0 spiro atoms. The standard InChI is InChI=1S/C9H13FN2O/c1-5(13)9(12)7-3-2-6(11)4-8(7)10/h2-5,9,13H,11-12H2,1H3/t5-,9-/m0/s1. The second kappa shape index (κ2) is 3.72. The van der Waals surface area contributed by atoms with Gasteiger partial charge in [-0.2, -0.15) is 0 Å². The molecule has 1 aromatic rings. The summed E-state index contributed by atoms with van der Waals surface area (Å²) >= 11 is 0. The maximum atomic E-state index is 13.2. The Morgan fingerprint density at radius 3 is 2.54 bits per heavy atom. The van der Waals surface area contributed by atoms with E-state index in [9.17, 15) is 4.39 Å². The number of hydrogen-bond donors (Lipinski definition) is 3. The molecule has 4 heteroatoms. The van der Waals surface area contributed by atoms with Gasteiger partial charge in [0.1, 0.15) is 5.82 Å². The molecule has 0 aliphatic carbocycles. The Kier molecular flexibility index (Phi) is 2.85. The minimum absolute atomic E-state index is 0.282. The van der Waals surface area contributed by atoms with Gasteiger partial charge in [-0.15, -0.1) is 0 Å². The molecule has 1 aromatic carbocycles. The molecule has 0 saturated carbocycles. The van der Waals surface area contributed by atoms with Gasteiger partial charge >= 0.3 is 0 Å². The summed E-state index contributed by atoms with van der Waals surface area (Å²) in [4.78, 5) is 0. The van der Waals surface area contributed by atoms with E-state index < -0.39 is 18.0 Å². The average Bonchev–Trinajstić information content (AvgIpc) is 2.03. The van der Waals surface area contributed by atoms with Gasteiger partial charge in [-0.3, -0.25) is 0 Å². The van der Waals surface area contributed by atoms with Gasteiger partial charge in [-0.25, -0.2) is 4.39 Å². The molecular formula is C9H13FN2O. The van der Waals surface area contributed by atoms with Crippen LogP contribution < -0.4 is 11.5 Å². The number of anilines is 1. The first-order chi connectivity index (χ1) is 6.02. The lowest BCUT2D eigenvalue weighted by atomic mass is 10.0. The van der Waals surface area contributed by atoms with Crippen LogP contribution in [0, 0.1) is 5.82 Å². The summed E-state index contributed by atoms with van der Waals surface area (Å²) in [6.45, 7) is 1.51. The van der Waals surface area contributed by atoms with Crippen LogP contribution in [-0.4, -0.2) is 11.2 Å². The van der Waals surface area contributed by atoms with E-state index >= 15 is 0 Å². The smallest absolute Gasteiger partial charge is 0.130 e. The van der Waals surface area contributed by atoms with Crippen molar-refractivity contribution in [1.29, 1.82) is 0 Å². The maximum Gasteiger partial charge on any atom is 0.130 e. The maximum absolute atomic E-state index is 13.2. The Balaban J connectivity index is 3.01. The van der Waals surface area contributed by atoms with E-state index in [2.05, 4.69) is 0 Å². The highest BCUT2D eigenvalue weighted by Crippen LogP contribution is 2.19. The first-order valence-electron chi connectivity index (χ1n) is 4.01. The molecule has 0 amide bonds. The summed E-state index contributed by atoms with van der Waals surface area (Å²) in [7, 11) is 0. The van der Waals surface area contributed by atoms with Gasteiger partial charge in [0.25, 0.3) is 0 Å². The lowest BCUT2D eigenvalue weighted by Crippen LogP contribution is -2.24. The Morgan fingerprint density at radius 1 is 1.46 bits per heavy atom. The molecule has 0 radical (unpaired) electrons. The first kappa shape index (κ1) is 9.95. The lowest BCUT2D eigenvalue weighted by Gasteiger charge is -2.15. The van der Waals surface area contributed by atoms with Crippen LogP contribution in [0.5, 0.6) is 0 Å². The summed E-state index contributed by atoms with van der Waals surface area (Å²) in [5.74, 6) is -0.478. The van der Waals surface area contributed by atoms with Crippen molar-refractivity contribution in [3.63, 3.8) is 0 Å². The number of rotatable bonds is 2. The fourth-order valence-corrected chi connectivity index (χ4v) is 1.07. The van der Waals surface area contributed by atoms with Crippen LogP contribution in [0.2, 0.25) is 0 Å². The normalized spacial score (nSPS) is 15.4. The van der Waals surface area contributed by atoms with E-state index in [4.69, 9.17) is 16.6 Å². The molecule has 13 heavy (non-hydrogen) atoms. The van der Waals surface area contributed by atoms with Crippen molar-refractivity contribution in [1.82, 2.24) is 0 Å². The van der Waals surface area contributed by atoms with Gasteiger partial charge in [-0.1, -0.05) is 6.07 Å². The Labute approximate surface area is 76.2 Å². The van der Waals surface area contributed by atoms with Crippen LogP contribution >= 0.6 is 0 Å². The number of aliphatic hydroxyl groups is 1. The van der Waals surface area contributed by atoms with Gasteiger partial charge < -0.3 is 16.6 Å². The summed E-state index contributed by atoms with van der Waals surface area (Å²) in [6.07, 6.45) is -0.780. The molecule has 2 atom stereocenters. The number of aliphatic hydroxyl groups excluding tert-OH is 1. The molecule has 0 aliphatic heterocycles. The van der Waals surface area contributed by atoms with Crippen molar-refractivity contribution in [3.05, 3.63) is 29.6 Å². The molecule has 72 valence electrons. The molecule has 0 aliphatic rings. The highest BCUT2D eigenvalue weighted by molar-refractivity contribution is 5.41. The van der Waals surface area contributed by atoms with Crippen LogP contribution in [0.15, 0.2) is 18.2 Å². The number of nitrogens with two attached hydrogens (primary N) is 2. The largest absolute Gasteiger partial charge is 0.399 e. The van der Waals surface area contributed by atoms with E-state index in [0.717, 1.165) is 0 Å². The lowest BCUT2D eigenvalue weighted by molar-refractivity contribution is 0.162. The molecule has 1 rings (SSSR count). The first-order valence-corrected chi connectivity index (χ1v) is 4.01. The monoisotopic (exact) mass is 184 g/mol. The SMILES string of the molecule is C[C@H](O)[C@H](N)c1ccc(N)cc1F. The molecule has 5 N–H and O–H groups in total. The molecule has 0 aromatic heterocycles. The van der Waals surface area contributed by atoms with E-state index in [-0.39, 0.29) is 5.56 Å². The third-order valence-corrected chi connectivity index (χ3v) is 1.90. The number of hydrogen-bond acceptors (Lipinski definition) is 3. The van der Waals surface area contributed by atoms with Crippen LogP contribution in [0.3, 0.4) is 0 Å². The minimum atomic E-state index is -0.780. The number of nitrogen functional groups attached to an aromatic ring is 1. The second-order valence-corrected chi connectivity index (χ2v) is 3.05. The van der Waals surface area contributed by atoms with Crippen molar-refractivity contribution in [3.8, 4) is 0 Å². The van der Waals surface area contributed by atoms with Crippen molar-refractivity contribution >= 4 is 5.69 Å². The molecule has 0 fully saturated rings. The number of halogens is 1. The zero-order chi connectivity index (χ0) is 10.0. The van der Waals surface area contributed by atoms with Gasteiger partial charge in [-0.05, 0) is 19.1 Å². The van der Waals surface area contributed by atoms with Crippen molar-refractivity contribution < 1.29 is 9.50 Å². The van der Waals surface area contributed by atoms with Crippen LogP contribution in [-0.2, 0) is 0 Å². The van der Waals surface area contributed by atoms with E-state index in [1.54, 1.807) is 6.07 Å². The summed E-state index contributed by atoms with van der Waals surface area (Å²) < 4.78 is 13.2.